The number of nitrogens with two attached hydrogens (primary N) is 1. The number of benzene rings is 1. The highest BCUT2D eigenvalue weighted by Crippen LogP contribution is 2.29. The van der Waals surface area contributed by atoms with E-state index in [1.54, 1.807) is 0 Å². The summed E-state index contributed by atoms with van der Waals surface area (Å²) in [5.74, 6) is 1.56. The summed E-state index contributed by atoms with van der Waals surface area (Å²) in [6.45, 7) is 9.82. The van der Waals surface area contributed by atoms with Crippen molar-refractivity contribution in [2.45, 2.75) is 33.7 Å². The molecular formula is C15H24N2. The van der Waals surface area contributed by atoms with E-state index >= 15 is 0 Å². The molecule has 2 N–H and O–H groups in total. The second-order valence-electron chi connectivity index (χ2n) is 5.69. The van der Waals surface area contributed by atoms with Gasteiger partial charge in [0.05, 0.1) is 0 Å². The van der Waals surface area contributed by atoms with Gasteiger partial charge in [-0.25, -0.2) is 0 Å². The van der Waals surface area contributed by atoms with E-state index in [1.165, 1.54) is 36.3 Å². The summed E-state index contributed by atoms with van der Waals surface area (Å²) >= 11 is 0. The van der Waals surface area contributed by atoms with Gasteiger partial charge in [0.25, 0.3) is 0 Å². The molecule has 0 amide bonds. The number of nitrogens with zero attached hydrogens (tertiary/aromatic N) is 1. The van der Waals surface area contributed by atoms with Crippen LogP contribution < -0.4 is 10.6 Å². The number of hydrogen-bond donors (Lipinski definition) is 1. The van der Waals surface area contributed by atoms with Crippen LogP contribution in [0.15, 0.2) is 18.2 Å². The van der Waals surface area contributed by atoms with Crippen LogP contribution in [0.25, 0.3) is 0 Å². The van der Waals surface area contributed by atoms with Crippen molar-refractivity contribution >= 4 is 5.69 Å². The van der Waals surface area contributed by atoms with Gasteiger partial charge in [-0.3, -0.25) is 0 Å². The van der Waals surface area contributed by atoms with Gasteiger partial charge in [-0.1, -0.05) is 26.0 Å². The van der Waals surface area contributed by atoms with Crippen LogP contribution in [-0.2, 0) is 6.54 Å². The lowest BCUT2D eigenvalue weighted by Crippen LogP contribution is -2.39. The third-order valence-corrected chi connectivity index (χ3v) is 3.67. The zero-order valence-electron chi connectivity index (χ0n) is 11.2. The molecule has 1 aromatic rings. The first-order valence-electron chi connectivity index (χ1n) is 6.64. The number of piperidine rings is 1. The minimum atomic E-state index is 0.634. The van der Waals surface area contributed by atoms with Gasteiger partial charge in [0.2, 0.25) is 0 Å². The van der Waals surface area contributed by atoms with Gasteiger partial charge in [0.15, 0.2) is 0 Å². The first-order chi connectivity index (χ1) is 8.10. The van der Waals surface area contributed by atoms with Crippen molar-refractivity contribution < 1.29 is 0 Å². The Morgan fingerprint density at radius 1 is 1.24 bits per heavy atom. The van der Waals surface area contributed by atoms with Crippen molar-refractivity contribution in [1.82, 2.24) is 0 Å². The fourth-order valence-electron chi connectivity index (χ4n) is 3.00. The minimum absolute atomic E-state index is 0.634. The molecule has 1 heterocycles. The van der Waals surface area contributed by atoms with Gasteiger partial charge in [0, 0.05) is 25.3 Å². The second-order valence-corrected chi connectivity index (χ2v) is 5.69. The molecule has 2 nitrogen and oxygen atoms in total. The minimum Gasteiger partial charge on any atom is -0.371 e. The topological polar surface area (TPSA) is 29.3 Å². The van der Waals surface area contributed by atoms with E-state index < -0.39 is 0 Å². The second kappa shape index (κ2) is 5.09. The van der Waals surface area contributed by atoms with Gasteiger partial charge >= 0.3 is 0 Å². The normalized spacial score (nSPS) is 25.1. The molecule has 1 aliphatic rings. The highest BCUT2D eigenvalue weighted by atomic mass is 15.1. The Labute approximate surface area is 105 Å². The van der Waals surface area contributed by atoms with Crippen molar-refractivity contribution in [3.63, 3.8) is 0 Å². The predicted octanol–water partition coefficient (Wildman–Crippen LogP) is 2.94. The van der Waals surface area contributed by atoms with Crippen LogP contribution in [0.4, 0.5) is 5.69 Å². The Hall–Kier alpha value is -1.02. The van der Waals surface area contributed by atoms with Crippen molar-refractivity contribution in [1.29, 1.82) is 0 Å². The lowest BCUT2D eigenvalue weighted by molar-refractivity contribution is 0.356. The van der Waals surface area contributed by atoms with Gasteiger partial charge in [-0.05, 0) is 42.4 Å². The van der Waals surface area contributed by atoms with Crippen LogP contribution in [-0.4, -0.2) is 13.1 Å². The molecule has 2 heteroatoms. The van der Waals surface area contributed by atoms with E-state index in [-0.39, 0.29) is 0 Å². The lowest BCUT2D eigenvalue weighted by Gasteiger charge is -2.37. The first-order valence-corrected chi connectivity index (χ1v) is 6.64. The Morgan fingerprint density at radius 2 is 1.88 bits per heavy atom. The molecule has 94 valence electrons. The molecule has 1 aliphatic heterocycles. The SMILES string of the molecule is Cc1ccc(CN)c(N2CC(C)CC(C)C2)c1. The number of aryl methyl sites for hydroxylation is 1. The lowest BCUT2D eigenvalue weighted by atomic mass is 9.91. The smallest absolute Gasteiger partial charge is 0.0414 e. The quantitative estimate of drug-likeness (QED) is 0.849. The molecule has 2 atom stereocenters. The van der Waals surface area contributed by atoms with Crippen molar-refractivity contribution in [3.8, 4) is 0 Å². The molecule has 2 unspecified atom stereocenters. The highest BCUT2D eigenvalue weighted by molar-refractivity contribution is 5.56. The highest BCUT2D eigenvalue weighted by Gasteiger charge is 2.23. The van der Waals surface area contributed by atoms with Crippen molar-refractivity contribution in [2.75, 3.05) is 18.0 Å². The molecule has 1 fully saturated rings. The van der Waals surface area contributed by atoms with Gasteiger partial charge in [-0.2, -0.15) is 0 Å². The third kappa shape index (κ3) is 2.81. The summed E-state index contributed by atoms with van der Waals surface area (Å²) in [4.78, 5) is 2.52. The largest absolute Gasteiger partial charge is 0.371 e. The molecule has 0 radical (unpaired) electrons. The van der Waals surface area contributed by atoms with E-state index in [0.717, 1.165) is 11.8 Å². The average molecular weight is 232 g/mol. The molecule has 1 aromatic carbocycles. The maximum atomic E-state index is 5.85. The van der Waals surface area contributed by atoms with E-state index in [4.69, 9.17) is 5.73 Å². The molecule has 0 aliphatic carbocycles. The molecule has 0 saturated carbocycles. The summed E-state index contributed by atoms with van der Waals surface area (Å²) in [6.07, 6.45) is 1.35. The van der Waals surface area contributed by atoms with E-state index in [2.05, 4.69) is 43.9 Å². The summed E-state index contributed by atoms with van der Waals surface area (Å²) in [6, 6.07) is 6.62. The van der Waals surface area contributed by atoms with Crippen LogP contribution in [0, 0.1) is 18.8 Å². The van der Waals surface area contributed by atoms with Crippen molar-refractivity contribution in [3.05, 3.63) is 29.3 Å². The fourth-order valence-corrected chi connectivity index (χ4v) is 3.00. The van der Waals surface area contributed by atoms with Crippen LogP contribution in [0.2, 0.25) is 0 Å². The zero-order chi connectivity index (χ0) is 12.4. The van der Waals surface area contributed by atoms with Crippen LogP contribution in [0.5, 0.6) is 0 Å². The van der Waals surface area contributed by atoms with Crippen molar-refractivity contribution in [2.24, 2.45) is 17.6 Å². The summed E-state index contributed by atoms with van der Waals surface area (Å²) in [5, 5.41) is 0. The van der Waals surface area contributed by atoms with E-state index in [1.807, 2.05) is 0 Å². The molecule has 0 aromatic heterocycles. The number of hydrogen-bond acceptors (Lipinski definition) is 2. The van der Waals surface area contributed by atoms with Crippen LogP contribution in [0.1, 0.15) is 31.4 Å². The van der Waals surface area contributed by atoms with Gasteiger partial charge in [0.1, 0.15) is 0 Å². The Kier molecular flexibility index (Phi) is 3.72. The maximum absolute atomic E-state index is 5.85. The van der Waals surface area contributed by atoms with Gasteiger partial charge < -0.3 is 10.6 Å². The molecule has 0 bridgehead atoms. The number of anilines is 1. The number of rotatable bonds is 2. The Morgan fingerprint density at radius 3 is 2.47 bits per heavy atom. The Bertz CT molecular complexity index is 377. The van der Waals surface area contributed by atoms with Gasteiger partial charge in [-0.15, -0.1) is 0 Å². The fraction of sp³-hybridized carbons (Fsp3) is 0.600. The summed E-state index contributed by atoms with van der Waals surface area (Å²) in [5.41, 5.74) is 9.80. The van der Waals surface area contributed by atoms with Crippen LogP contribution >= 0.6 is 0 Å². The molecule has 1 saturated heterocycles. The average Bonchev–Trinajstić information content (AvgIpc) is 2.27. The standard InChI is InChI=1S/C15H24N2/c1-11-4-5-14(8-16)15(7-11)17-9-12(2)6-13(3)10-17/h4-5,7,12-13H,6,8-10,16H2,1-3H3. The molecule has 0 spiro atoms. The molecular weight excluding hydrogens is 208 g/mol. The zero-order valence-corrected chi connectivity index (χ0v) is 11.2. The Balaban J connectivity index is 2.28. The summed E-state index contributed by atoms with van der Waals surface area (Å²) < 4.78 is 0. The van der Waals surface area contributed by atoms with E-state index in [0.29, 0.717) is 6.54 Å². The van der Waals surface area contributed by atoms with E-state index in [9.17, 15) is 0 Å². The molecule has 17 heavy (non-hydrogen) atoms. The predicted molar refractivity (Wildman–Crippen MR) is 74.2 cm³/mol. The molecule has 2 rings (SSSR count). The monoisotopic (exact) mass is 232 g/mol. The third-order valence-electron chi connectivity index (χ3n) is 3.67. The van der Waals surface area contributed by atoms with Crippen LogP contribution in [0.3, 0.4) is 0 Å². The summed E-state index contributed by atoms with van der Waals surface area (Å²) in [7, 11) is 0. The maximum Gasteiger partial charge on any atom is 0.0414 e. The first kappa shape index (κ1) is 12.4.